The average Bonchev–Trinajstić information content (AvgIpc) is 2.10. The first-order valence-electron chi connectivity index (χ1n) is 4.52. The van der Waals surface area contributed by atoms with Crippen molar-refractivity contribution in [3.8, 4) is 0 Å². The van der Waals surface area contributed by atoms with Gasteiger partial charge in [0, 0.05) is 0 Å². The Morgan fingerprint density at radius 2 is 1.38 bits per heavy atom. The van der Waals surface area contributed by atoms with E-state index in [0.29, 0.717) is 13.0 Å². The van der Waals surface area contributed by atoms with Crippen LogP contribution in [0.4, 0.5) is 0 Å². The van der Waals surface area contributed by atoms with Crippen LogP contribution in [0.3, 0.4) is 0 Å². The van der Waals surface area contributed by atoms with E-state index in [4.69, 9.17) is 19.6 Å². The van der Waals surface area contributed by atoms with Gasteiger partial charge in [0.15, 0.2) is 0 Å². The van der Waals surface area contributed by atoms with Crippen molar-refractivity contribution in [2.45, 2.75) is 26.7 Å². The van der Waals surface area contributed by atoms with Gasteiger partial charge in [-0.2, -0.15) is 0 Å². The molecule has 0 aliphatic rings. The minimum Gasteiger partial charge on any atom is -0.325 e. The summed E-state index contributed by atoms with van der Waals surface area (Å²) in [7, 11) is -4.18. The van der Waals surface area contributed by atoms with Gasteiger partial charge < -0.3 is 24.1 Å². The third-order valence-corrected chi connectivity index (χ3v) is 2.28. The molecule has 0 amide bonds. The maximum absolute atomic E-state index is 9.86. The zero-order chi connectivity index (χ0) is 13.2. The third kappa shape index (κ3) is 24.1. The quantitative estimate of drug-likeness (QED) is 0.539. The molecule has 0 aromatic heterocycles. The maximum Gasteiger partial charge on any atom is 0.469 e. The molecule has 0 aliphatic heterocycles. The molecule has 0 unspecified atom stereocenters. The standard InChI is InChI=1S/C3H9O4P.C3H9O3PS/c1-2-3-7-8(4,5)6;1-2-3-6-7(4,5)8/h2-3H2,1H3,(H2,4,5,6);2-3H2,1H3,(H2,4,5,8). The van der Waals surface area contributed by atoms with Crippen molar-refractivity contribution >= 4 is 26.3 Å². The van der Waals surface area contributed by atoms with Gasteiger partial charge >= 0.3 is 14.5 Å². The molecule has 0 atom stereocenters. The molecule has 0 spiro atoms. The summed E-state index contributed by atoms with van der Waals surface area (Å²) in [5, 5.41) is 0. The van der Waals surface area contributed by atoms with Crippen LogP contribution in [0, 0.1) is 0 Å². The molecule has 10 heteroatoms. The van der Waals surface area contributed by atoms with Crippen LogP contribution in [0.5, 0.6) is 0 Å². The first-order valence-corrected chi connectivity index (χ1v) is 8.68. The van der Waals surface area contributed by atoms with Crippen LogP contribution in [0.15, 0.2) is 0 Å². The molecule has 100 valence electrons. The second-order valence-electron chi connectivity index (χ2n) is 2.65. The van der Waals surface area contributed by atoms with E-state index in [9.17, 15) is 4.57 Å². The van der Waals surface area contributed by atoms with Crippen LogP contribution < -0.4 is 0 Å². The monoisotopic (exact) mass is 296 g/mol. The molecule has 0 aromatic carbocycles. The zero-order valence-corrected chi connectivity index (χ0v) is 11.8. The van der Waals surface area contributed by atoms with Crippen LogP contribution in [-0.4, -0.2) is 32.8 Å². The third-order valence-electron chi connectivity index (χ3n) is 0.927. The first kappa shape index (κ1) is 19.0. The fourth-order valence-electron chi connectivity index (χ4n) is 0.420. The normalized spacial score (nSPS) is 11.9. The Hall–Kier alpha value is 0.640. The maximum atomic E-state index is 9.86. The summed E-state index contributed by atoms with van der Waals surface area (Å²) < 4.78 is 18.3. The molecule has 0 bridgehead atoms. The SMILES string of the molecule is CCCOP(=O)(O)O.CCCOP(O)(O)=S. The summed E-state index contributed by atoms with van der Waals surface area (Å²) in [5.74, 6) is 0. The zero-order valence-electron chi connectivity index (χ0n) is 9.14. The molecule has 0 saturated carbocycles. The second kappa shape index (κ2) is 9.65. The minimum atomic E-state index is -4.18. The van der Waals surface area contributed by atoms with Crippen molar-refractivity contribution in [3.63, 3.8) is 0 Å². The van der Waals surface area contributed by atoms with Crippen molar-refractivity contribution in [1.82, 2.24) is 0 Å². The highest BCUT2D eigenvalue weighted by molar-refractivity contribution is 8.06. The lowest BCUT2D eigenvalue weighted by molar-refractivity contribution is 0.197. The van der Waals surface area contributed by atoms with E-state index in [1.807, 2.05) is 6.92 Å². The molecule has 0 aliphatic carbocycles. The van der Waals surface area contributed by atoms with Gasteiger partial charge in [0.1, 0.15) is 0 Å². The lowest BCUT2D eigenvalue weighted by Crippen LogP contribution is -1.88. The Morgan fingerprint density at radius 3 is 1.50 bits per heavy atom. The van der Waals surface area contributed by atoms with Gasteiger partial charge in [0.2, 0.25) is 0 Å². The predicted molar refractivity (Wildman–Crippen MR) is 63.3 cm³/mol. The number of hydrogen-bond donors (Lipinski definition) is 4. The highest BCUT2D eigenvalue weighted by Gasteiger charge is 2.11. The average molecular weight is 296 g/mol. The molecule has 0 fully saturated rings. The van der Waals surface area contributed by atoms with Gasteiger partial charge in [-0.05, 0) is 24.6 Å². The summed E-state index contributed by atoms with van der Waals surface area (Å²) in [6.07, 6.45) is 1.37. The van der Waals surface area contributed by atoms with Crippen molar-refractivity contribution in [2.75, 3.05) is 13.2 Å². The molecule has 0 rings (SSSR count). The predicted octanol–water partition coefficient (Wildman–Crippen LogP) is 1.13. The van der Waals surface area contributed by atoms with Crippen LogP contribution in [0.2, 0.25) is 0 Å². The van der Waals surface area contributed by atoms with E-state index >= 15 is 0 Å². The Morgan fingerprint density at radius 1 is 1.00 bits per heavy atom. The van der Waals surface area contributed by atoms with E-state index < -0.39 is 14.5 Å². The number of hydrogen-bond acceptors (Lipinski definition) is 4. The van der Waals surface area contributed by atoms with E-state index in [1.165, 1.54) is 0 Å². The van der Waals surface area contributed by atoms with E-state index in [1.54, 1.807) is 6.92 Å². The molecule has 0 heterocycles. The smallest absolute Gasteiger partial charge is 0.325 e. The second-order valence-corrected chi connectivity index (χ2v) is 6.55. The van der Waals surface area contributed by atoms with Crippen molar-refractivity contribution in [2.24, 2.45) is 0 Å². The Kier molecular flexibility index (Phi) is 11.5. The summed E-state index contributed by atoms with van der Waals surface area (Å²) in [6, 6.07) is 0. The van der Waals surface area contributed by atoms with Crippen LogP contribution in [0.1, 0.15) is 26.7 Å². The molecule has 4 N–H and O–H groups in total. The fraction of sp³-hybridized carbons (Fsp3) is 1.00. The van der Waals surface area contributed by atoms with Crippen LogP contribution in [0.25, 0.3) is 0 Å². The number of rotatable bonds is 6. The van der Waals surface area contributed by atoms with Crippen LogP contribution in [-0.2, 0) is 25.4 Å². The number of phosphoric acid groups is 1. The van der Waals surface area contributed by atoms with Gasteiger partial charge in [-0.25, -0.2) is 4.57 Å². The van der Waals surface area contributed by atoms with Gasteiger partial charge in [-0.3, -0.25) is 4.52 Å². The van der Waals surface area contributed by atoms with Gasteiger partial charge in [-0.15, -0.1) is 0 Å². The lowest BCUT2D eigenvalue weighted by Gasteiger charge is -2.04. The van der Waals surface area contributed by atoms with Crippen molar-refractivity contribution < 1.29 is 33.2 Å². The molecule has 16 heavy (non-hydrogen) atoms. The molecule has 7 nitrogen and oxygen atoms in total. The molecular weight excluding hydrogens is 278 g/mol. The Bertz CT molecular complexity index is 221. The van der Waals surface area contributed by atoms with E-state index in [-0.39, 0.29) is 6.61 Å². The summed E-state index contributed by atoms with van der Waals surface area (Å²) >= 11 is 4.15. The van der Waals surface area contributed by atoms with E-state index in [2.05, 4.69) is 20.9 Å². The molecular formula is C6H18O7P2S. The number of phosphoric ester groups is 1. The van der Waals surface area contributed by atoms with Gasteiger partial charge in [-0.1, -0.05) is 13.8 Å². The molecule has 0 aromatic rings. The fourth-order valence-corrected chi connectivity index (χ4v) is 1.48. The Balaban J connectivity index is 0. The lowest BCUT2D eigenvalue weighted by atomic mass is 10.5. The van der Waals surface area contributed by atoms with Gasteiger partial charge in [0.25, 0.3) is 0 Å². The van der Waals surface area contributed by atoms with Crippen LogP contribution >= 0.6 is 14.5 Å². The summed E-state index contributed by atoms with van der Waals surface area (Å²) in [5.41, 5.74) is 0. The molecule has 0 radical (unpaired) electrons. The first-order chi connectivity index (χ1) is 7.12. The van der Waals surface area contributed by atoms with Crippen molar-refractivity contribution in [1.29, 1.82) is 0 Å². The van der Waals surface area contributed by atoms with E-state index in [0.717, 1.165) is 6.42 Å². The summed E-state index contributed by atoms with van der Waals surface area (Å²) in [6.45, 7) is 0.730. The largest absolute Gasteiger partial charge is 0.469 e. The minimum absolute atomic E-state index is 0.115. The highest BCUT2D eigenvalue weighted by atomic mass is 32.5. The highest BCUT2D eigenvalue weighted by Crippen LogP contribution is 2.36. The van der Waals surface area contributed by atoms with Gasteiger partial charge in [0.05, 0.1) is 13.2 Å². The topological polar surface area (TPSA) is 116 Å². The molecule has 0 saturated heterocycles. The van der Waals surface area contributed by atoms with Crippen molar-refractivity contribution in [3.05, 3.63) is 0 Å². The summed E-state index contributed by atoms with van der Waals surface area (Å²) in [4.78, 5) is 32.9. The Labute approximate surface area is 99.9 Å².